The van der Waals surface area contributed by atoms with Crippen LogP contribution in [0.25, 0.3) is 0 Å². The Morgan fingerprint density at radius 2 is 1.48 bits per heavy atom. The predicted molar refractivity (Wildman–Crippen MR) is 108 cm³/mol. The van der Waals surface area contributed by atoms with Gasteiger partial charge in [-0.15, -0.1) is 0 Å². The number of amides is 1. The fourth-order valence-corrected chi connectivity index (χ4v) is 3.65. The van der Waals surface area contributed by atoms with Crippen LogP contribution < -0.4 is 14.8 Å². The van der Waals surface area contributed by atoms with Gasteiger partial charge in [0.15, 0.2) is 0 Å². The smallest absolute Gasteiger partial charge is 0.242 e. The highest BCUT2D eigenvalue weighted by molar-refractivity contribution is 7.89. The second kappa shape index (κ2) is 8.85. The Bertz CT molecular complexity index is 1070. The molecule has 1 atom stereocenters. The molecular formula is C21H19FN2O4S. The van der Waals surface area contributed by atoms with Crippen LogP contribution in [0.2, 0.25) is 0 Å². The molecule has 0 spiro atoms. The van der Waals surface area contributed by atoms with Gasteiger partial charge in [-0.2, -0.15) is 4.72 Å². The summed E-state index contributed by atoms with van der Waals surface area (Å²) in [6.07, 6.45) is 0. The van der Waals surface area contributed by atoms with E-state index in [9.17, 15) is 17.6 Å². The summed E-state index contributed by atoms with van der Waals surface area (Å²) < 4.78 is 45.5. The number of hydrogen-bond donors (Lipinski definition) is 2. The lowest BCUT2D eigenvalue weighted by Gasteiger charge is -2.15. The molecule has 0 saturated carbocycles. The lowest BCUT2D eigenvalue weighted by atomic mass is 10.2. The van der Waals surface area contributed by atoms with Crippen LogP contribution in [0.5, 0.6) is 11.5 Å². The van der Waals surface area contributed by atoms with E-state index in [4.69, 9.17) is 4.74 Å². The fourth-order valence-electron chi connectivity index (χ4n) is 2.45. The van der Waals surface area contributed by atoms with Crippen molar-refractivity contribution >= 4 is 21.6 Å². The van der Waals surface area contributed by atoms with Gasteiger partial charge in [0.2, 0.25) is 15.9 Å². The molecule has 0 aromatic heterocycles. The van der Waals surface area contributed by atoms with Gasteiger partial charge in [-0.25, -0.2) is 12.8 Å². The molecule has 0 aliphatic rings. The van der Waals surface area contributed by atoms with Crippen molar-refractivity contribution in [2.24, 2.45) is 0 Å². The summed E-state index contributed by atoms with van der Waals surface area (Å²) in [5, 5.41) is 2.63. The van der Waals surface area contributed by atoms with Crippen LogP contribution in [0, 0.1) is 5.82 Å². The maximum atomic E-state index is 13.0. The first-order chi connectivity index (χ1) is 13.8. The van der Waals surface area contributed by atoms with Gasteiger partial charge < -0.3 is 10.1 Å². The summed E-state index contributed by atoms with van der Waals surface area (Å²) in [6.45, 7) is 1.42. The number of para-hydroxylation sites is 1. The molecule has 29 heavy (non-hydrogen) atoms. The van der Waals surface area contributed by atoms with Crippen molar-refractivity contribution in [3.8, 4) is 11.5 Å². The highest BCUT2D eigenvalue weighted by atomic mass is 32.2. The summed E-state index contributed by atoms with van der Waals surface area (Å²) >= 11 is 0. The van der Waals surface area contributed by atoms with E-state index in [0.29, 0.717) is 17.2 Å². The third-order valence-corrected chi connectivity index (χ3v) is 5.51. The molecule has 3 aromatic rings. The van der Waals surface area contributed by atoms with Gasteiger partial charge in [-0.1, -0.05) is 18.2 Å². The van der Waals surface area contributed by atoms with Crippen LogP contribution >= 0.6 is 0 Å². The molecule has 3 aromatic carbocycles. The average Bonchev–Trinajstić information content (AvgIpc) is 2.70. The Morgan fingerprint density at radius 1 is 0.897 bits per heavy atom. The Labute approximate surface area is 168 Å². The minimum atomic E-state index is -3.95. The highest BCUT2D eigenvalue weighted by Gasteiger charge is 2.22. The Hall–Kier alpha value is -3.23. The van der Waals surface area contributed by atoms with Crippen LogP contribution in [0.15, 0.2) is 83.8 Å². The molecule has 1 amide bonds. The van der Waals surface area contributed by atoms with Crippen LogP contribution in [0.1, 0.15) is 6.92 Å². The van der Waals surface area contributed by atoms with Gasteiger partial charge in [0.25, 0.3) is 0 Å². The van der Waals surface area contributed by atoms with E-state index in [1.807, 2.05) is 30.3 Å². The third-order valence-electron chi connectivity index (χ3n) is 3.95. The number of benzene rings is 3. The highest BCUT2D eigenvalue weighted by Crippen LogP contribution is 2.22. The molecule has 2 N–H and O–H groups in total. The first-order valence-corrected chi connectivity index (χ1v) is 10.2. The molecule has 150 valence electrons. The van der Waals surface area contributed by atoms with E-state index in [2.05, 4.69) is 10.0 Å². The Balaban J connectivity index is 1.59. The molecule has 0 fully saturated rings. The second-order valence-electron chi connectivity index (χ2n) is 6.23. The molecule has 1 unspecified atom stereocenters. The zero-order valence-electron chi connectivity index (χ0n) is 15.5. The standard InChI is InChI=1S/C21H19FN2O4S/c1-15(24-29(26,27)20-13-7-16(22)8-14-20)21(25)23-17-9-11-19(12-10-17)28-18-5-3-2-4-6-18/h2-15,24H,1H3,(H,23,25). The van der Waals surface area contributed by atoms with E-state index < -0.39 is 27.8 Å². The van der Waals surface area contributed by atoms with Crippen molar-refractivity contribution in [1.82, 2.24) is 4.72 Å². The van der Waals surface area contributed by atoms with Gasteiger partial charge in [0.05, 0.1) is 10.9 Å². The number of hydrogen-bond acceptors (Lipinski definition) is 4. The molecule has 0 radical (unpaired) electrons. The normalized spacial score (nSPS) is 12.2. The molecule has 6 nitrogen and oxygen atoms in total. The molecule has 3 rings (SSSR count). The number of rotatable bonds is 7. The first kappa shape index (κ1) is 20.5. The SMILES string of the molecule is CC(NS(=O)(=O)c1ccc(F)cc1)C(=O)Nc1ccc(Oc2ccccc2)cc1. The lowest BCUT2D eigenvalue weighted by Crippen LogP contribution is -2.41. The van der Waals surface area contributed by atoms with E-state index in [0.717, 1.165) is 24.3 Å². The van der Waals surface area contributed by atoms with Crippen molar-refractivity contribution in [3.05, 3.63) is 84.7 Å². The zero-order valence-corrected chi connectivity index (χ0v) is 16.3. The van der Waals surface area contributed by atoms with Gasteiger partial charge in [-0.3, -0.25) is 4.79 Å². The quantitative estimate of drug-likeness (QED) is 0.614. The number of carbonyl (C=O) groups excluding carboxylic acids is 1. The zero-order chi connectivity index (χ0) is 20.9. The van der Waals surface area contributed by atoms with E-state index >= 15 is 0 Å². The van der Waals surface area contributed by atoms with Crippen LogP contribution in [-0.4, -0.2) is 20.4 Å². The topological polar surface area (TPSA) is 84.5 Å². The number of carbonyl (C=O) groups is 1. The summed E-state index contributed by atoms with van der Waals surface area (Å²) in [5.74, 6) is 0.203. The van der Waals surface area contributed by atoms with Crippen LogP contribution in [0.3, 0.4) is 0 Å². The predicted octanol–water partition coefficient (Wildman–Crippen LogP) is 3.92. The molecule has 8 heteroatoms. The average molecular weight is 414 g/mol. The summed E-state index contributed by atoms with van der Waals surface area (Å²) in [4.78, 5) is 12.2. The summed E-state index contributed by atoms with van der Waals surface area (Å²) in [7, 11) is -3.95. The maximum Gasteiger partial charge on any atom is 0.242 e. The number of ether oxygens (including phenoxy) is 1. The van der Waals surface area contributed by atoms with Crippen molar-refractivity contribution in [2.75, 3.05) is 5.32 Å². The van der Waals surface area contributed by atoms with Gasteiger partial charge in [0, 0.05) is 5.69 Å². The van der Waals surface area contributed by atoms with Crippen LogP contribution in [0.4, 0.5) is 10.1 Å². The minimum absolute atomic E-state index is 0.124. The van der Waals surface area contributed by atoms with Gasteiger partial charge in [-0.05, 0) is 67.6 Å². The Morgan fingerprint density at radius 3 is 2.10 bits per heavy atom. The maximum absolute atomic E-state index is 13.0. The lowest BCUT2D eigenvalue weighted by molar-refractivity contribution is -0.117. The summed E-state index contributed by atoms with van der Waals surface area (Å²) in [6, 6.07) is 19.2. The van der Waals surface area contributed by atoms with Crippen molar-refractivity contribution in [3.63, 3.8) is 0 Å². The number of anilines is 1. The molecule has 0 heterocycles. The number of nitrogens with one attached hydrogen (secondary N) is 2. The monoisotopic (exact) mass is 414 g/mol. The second-order valence-corrected chi connectivity index (χ2v) is 7.94. The number of sulfonamides is 1. The first-order valence-electron chi connectivity index (χ1n) is 8.75. The molecule has 0 saturated heterocycles. The molecular weight excluding hydrogens is 395 g/mol. The van der Waals surface area contributed by atoms with Crippen LogP contribution in [-0.2, 0) is 14.8 Å². The number of halogens is 1. The van der Waals surface area contributed by atoms with Crippen molar-refractivity contribution < 1.29 is 22.3 Å². The van der Waals surface area contributed by atoms with Gasteiger partial charge >= 0.3 is 0 Å². The largest absolute Gasteiger partial charge is 0.457 e. The van der Waals surface area contributed by atoms with Gasteiger partial charge in [0.1, 0.15) is 17.3 Å². The molecule has 0 bridgehead atoms. The molecule has 0 aliphatic carbocycles. The fraction of sp³-hybridized carbons (Fsp3) is 0.0952. The van der Waals surface area contributed by atoms with Crippen molar-refractivity contribution in [1.29, 1.82) is 0 Å². The van der Waals surface area contributed by atoms with E-state index in [1.54, 1.807) is 24.3 Å². The Kier molecular flexibility index (Phi) is 6.26. The third kappa shape index (κ3) is 5.63. The summed E-state index contributed by atoms with van der Waals surface area (Å²) in [5.41, 5.74) is 0.489. The molecule has 0 aliphatic heterocycles. The minimum Gasteiger partial charge on any atom is -0.457 e. The van der Waals surface area contributed by atoms with E-state index in [1.165, 1.54) is 6.92 Å². The van der Waals surface area contributed by atoms with E-state index in [-0.39, 0.29) is 4.90 Å². The van der Waals surface area contributed by atoms with Crippen molar-refractivity contribution in [2.45, 2.75) is 17.9 Å².